The number of sulfonamides is 1. The number of nitrogens with zero attached hydrogens (tertiary/aromatic N) is 2. The van der Waals surface area contributed by atoms with Gasteiger partial charge in [0.05, 0.1) is 4.90 Å². The Labute approximate surface area is 184 Å². The molecule has 1 heterocycles. The molecule has 1 fully saturated rings. The fourth-order valence-corrected chi connectivity index (χ4v) is 4.77. The van der Waals surface area contributed by atoms with Gasteiger partial charge in [0.2, 0.25) is 10.0 Å². The first kappa shape index (κ1) is 22.4. The summed E-state index contributed by atoms with van der Waals surface area (Å²) in [6, 6.07) is 15.3. The van der Waals surface area contributed by atoms with Gasteiger partial charge in [0, 0.05) is 49.4 Å². The van der Waals surface area contributed by atoms with Crippen LogP contribution in [-0.2, 0) is 19.6 Å². The zero-order valence-electron chi connectivity index (χ0n) is 16.3. The summed E-state index contributed by atoms with van der Waals surface area (Å²) in [7, 11) is -3.48. The van der Waals surface area contributed by atoms with Crippen molar-refractivity contribution in [2.45, 2.75) is 4.90 Å². The number of piperazine rings is 1. The fraction of sp³-hybridized carbons (Fsp3) is 0.300. The highest BCUT2D eigenvalue weighted by molar-refractivity contribution is 9.10. The standard InChI is InChI=1S/C20H23BrN4O4S/c21-16-6-8-17(9-7-16)23-20(27)19(26)22-10-11-24-12-14-25(15-13-24)30(28,29)18-4-2-1-3-5-18/h1-9H,10-15H2,(H,22,26)(H,23,27). The Kier molecular flexibility index (Phi) is 7.59. The first-order valence-electron chi connectivity index (χ1n) is 9.48. The van der Waals surface area contributed by atoms with Crippen molar-refractivity contribution in [2.75, 3.05) is 44.6 Å². The van der Waals surface area contributed by atoms with Gasteiger partial charge in [-0.15, -0.1) is 0 Å². The highest BCUT2D eigenvalue weighted by atomic mass is 79.9. The minimum atomic E-state index is -3.48. The number of carbonyl (C=O) groups is 2. The van der Waals surface area contributed by atoms with Crippen molar-refractivity contribution in [3.8, 4) is 0 Å². The lowest BCUT2D eigenvalue weighted by Gasteiger charge is -2.33. The number of halogens is 1. The summed E-state index contributed by atoms with van der Waals surface area (Å²) in [6.07, 6.45) is 0. The maximum absolute atomic E-state index is 12.6. The number of amides is 2. The van der Waals surface area contributed by atoms with Gasteiger partial charge in [-0.3, -0.25) is 14.5 Å². The van der Waals surface area contributed by atoms with Crippen LogP contribution < -0.4 is 10.6 Å². The maximum atomic E-state index is 12.6. The minimum absolute atomic E-state index is 0.294. The van der Waals surface area contributed by atoms with Crippen LogP contribution in [0.1, 0.15) is 0 Å². The summed E-state index contributed by atoms with van der Waals surface area (Å²) in [4.78, 5) is 26.3. The summed E-state index contributed by atoms with van der Waals surface area (Å²) < 4.78 is 27.6. The molecule has 0 atom stereocenters. The molecule has 30 heavy (non-hydrogen) atoms. The molecule has 2 N–H and O–H groups in total. The van der Waals surface area contributed by atoms with Gasteiger partial charge >= 0.3 is 11.8 Å². The Morgan fingerprint density at radius 2 is 1.53 bits per heavy atom. The molecule has 1 aliphatic heterocycles. The van der Waals surface area contributed by atoms with E-state index in [4.69, 9.17) is 0 Å². The van der Waals surface area contributed by atoms with E-state index in [0.29, 0.717) is 49.9 Å². The molecule has 8 nitrogen and oxygen atoms in total. The summed E-state index contributed by atoms with van der Waals surface area (Å²) in [5.74, 6) is -1.43. The molecule has 0 aromatic heterocycles. The molecular formula is C20H23BrN4O4S. The first-order chi connectivity index (χ1) is 14.4. The molecule has 2 aromatic carbocycles. The molecule has 2 amide bonds. The van der Waals surface area contributed by atoms with Crippen LogP contribution in [0.2, 0.25) is 0 Å². The predicted octanol–water partition coefficient (Wildman–Crippen LogP) is 1.51. The normalized spacial score (nSPS) is 15.5. The van der Waals surface area contributed by atoms with E-state index in [2.05, 4.69) is 31.5 Å². The minimum Gasteiger partial charge on any atom is -0.347 e. The van der Waals surface area contributed by atoms with Gasteiger partial charge in [-0.1, -0.05) is 34.1 Å². The molecule has 0 saturated carbocycles. The van der Waals surface area contributed by atoms with Gasteiger partial charge in [0.1, 0.15) is 0 Å². The smallest absolute Gasteiger partial charge is 0.313 e. The fourth-order valence-electron chi connectivity index (χ4n) is 3.06. The number of anilines is 1. The molecule has 0 bridgehead atoms. The third kappa shape index (κ3) is 5.88. The van der Waals surface area contributed by atoms with E-state index in [-0.39, 0.29) is 0 Å². The monoisotopic (exact) mass is 494 g/mol. The third-order valence-electron chi connectivity index (χ3n) is 4.73. The van der Waals surface area contributed by atoms with Crippen LogP contribution in [0.3, 0.4) is 0 Å². The summed E-state index contributed by atoms with van der Waals surface area (Å²) >= 11 is 3.31. The number of carbonyl (C=O) groups excluding carboxylic acids is 2. The van der Waals surface area contributed by atoms with Crippen LogP contribution >= 0.6 is 15.9 Å². The molecule has 1 aliphatic rings. The van der Waals surface area contributed by atoms with Crippen LogP contribution in [0.15, 0.2) is 64.0 Å². The Balaban J connectivity index is 1.40. The highest BCUT2D eigenvalue weighted by Gasteiger charge is 2.28. The van der Waals surface area contributed by atoms with Gasteiger partial charge in [0.15, 0.2) is 0 Å². The Hall–Kier alpha value is -2.27. The summed E-state index contributed by atoms with van der Waals surface area (Å²) in [5.41, 5.74) is 0.536. The SMILES string of the molecule is O=C(NCCN1CCN(S(=O)(=O)c2ccccc2)CC1)C(=O)Nc1ccc(Br)cc1. The van der Waals surface area contributed by atoms with Gasteiger partial charge in [0.25, 0.3) is 0 Å². The molecule has 3 rings (SSSR count). The van der Waals surface area contributed by atoms with E-state index in [1.54, 1.807) is 54.6 Å². The average Bonchev–Trinajstić information content (AvgIpc) is 2.76. The van der Waals surface area contributed by atoms with Gasteiger partial charge < -0.3 is 10.6 Å². The average molecular weight is 495 g/mol. The van der Waals surface area contributed by atoms with Crippen LogP contribution in [0.4, 0.5) is 5.69 Å². The number of benzene rings is 2. The van der Waals surface area contributed by atoms with Crippen LogP contribution in [0.5, 0.6) is 0 Å². The molecule has 0 spiro atoms. The van der Waals surface area contributed by atoms with Crippen molar-refractivity contribution in [1.29, 1.82) is 0 Å². The molecule has 160 valence electrons. The van der Waals surface area contributed by atoms with E-state index in [0.717, 1.165) is 4.47 Å². The lowest BCUT2D eigenvalue weighted by atomic mass is 10.3. The summed E-state index contributed by atoms with van der Waals surface area (Å²) in [6.45, 7) is 2.74. The summed E-state index contributed by atoms with van der Waals surface area (Å²) in [5, 5.41) is 5.13. The van der Waals surface area contributed by atoms with E-state index in [1.807, 2.05) is 0 Å². The zero-order chi connectivity index (χ0) is 21.6. The number of hydrogen-bond donors (Lipinski definition) is 2. The van der Waals surface area contributed by atoms with Gasteiger partial charge in [-0.2, -0.15) is 4.31 Å². The Bertz CT molecular complexity index is 976. The molecule has 10 heteroatoms. The molecular weight excluding hydrogens is 472 g/mol. The first-order valence-corrected chi connectivity index (χ1v) is 11.7. The van der Waals surface area contributed by atoms with Gasteiger partial charge in [-0.05, 0) is 36.4 Å². The van der Waals surface area contributed by atoms with Gasteiger partial charge in [-0.25, -0.2) is 8.42 Å². The van der Waals surface area contributed by atoms with E-state index < -0.39 is 21.8 Å². The third-order valence-corrected chi connectivity index (χ3v) is 7.18. The maximum Gasteiger partial charge on any atom is 0.313 e. The number of nitrogens with one attached hydrogen (secondary N) is 2. The molecule has 0 aliphatic carbocycles. The zero-order valence-corrected chi connectivity index (χ0v) is 18.7. The van der Waals surface area contributed by atoms with E-state index in [9.17, 15) is 18.0 Å². The molecule has 2 aromatic rings. The highest BCUT2D eigenvalue weighted by Crippen LogP contribution is 2.17. The quantitative estimate of drug-likeness (QED) is 0.593. The van der Waals surface area contributed by atoms with Crippen molar-refractivity contribution < 1.29 is 18.0 Å². The lowest BCUT2D eigenvalue weighted by Crippen LogP contribution is -2.50. The number of rotatable bonds is 6. The number of hydrogen-bond acceptors (Lipinski definition) is 5. The Morgan fingerprint density at radius 3 is 2.17 bits per heavy atom. The molecule has 0 unspecified atom stereocenters. The van der Waals surface area contributed by atoms with Crippen molar-refractivity contribution >= 4 is 43.5 Å². The second-order valence-corrected chi connectivity index (χ2v) is 9.63. The second-order valence-electron chi connectivity index (χ2n) is 6.78. The lowest BCUT2D eigenvalue weighted by molar-refractivity contribution is -0.136. The van der Waals surface area contributed by atoms with Crippen LogP contribution in [-0.4, -0.2) is 68.7 Å². The largest absolute Gasteiger partial charge is 0.347 e. The van der Waals surface area contributed by atoms with E-state index in [1.165, 1.54) is 4.31 Å². The van der Waals surface area contributed by atoms with E-state index >= 15 is 0 Å². The van der Waals surface area contributed by atoms with Crippen molar-refractivity contribution in [3.05, 3.63) is 59.1 Å². The second kappa shape index (κ2) is 10.2. The van der Waals surface area contributed by atoms with Crippen LogP contribution in [0.25, 0.3) is 0 Å². The van der Waals surface area contributed by atoms with Crippen LogP contribution in [0, 0.1) is 0 Å². The topological polar surface area (TPSA) is 98.8 Å². The predicted molar refractivity (Wildman–Crippen MR) is 117 cm³/mol. The van der Waals surface area contributed by atoms with Crippen molar-refractivity contribution in [2.24, 2.45) is 0 Å². The molecule has 0 radical (unpaired) electrons. The Morgan fingerprint density at radius 1 is 0.900 bits per heavy atom. The molecule has 1 saturated heterocycles. The van der Waals surface area contributed by atoms with Crippen molar-refractivity contribution in [3.63, 3.8) is 0 Å². The van der Waals surface area contributed by atoms with Crippen molar-refractivity contribution in [1.82, 2.24) is 14.5 Å².